The summed E-state index contributed by atoms with van der Waals surface area (Å²) in [6.07, 6.45) is 1.56. The van der Waals surface area contributed by atoms with Crippen molar-refractivity contribution >= 4 is 27.5 Å². The zero-order valence-electron chi connectivity index (χ0n) is 17.5. The predicted octanol–water partition coefficient (Wildman–Crippen LogP) is 3.49. The third kappa shape index (κ3) is 4.40. The number of nitrogens with zero attached hydrogens (tertiary/aromatic N) is 2. The summed E-state index contributed by atoms with van der Waals surface area (Å²) in [5, 5.41) is 4.59. The number of thiophene rings is 1. The van der Waals surface area contributed by atoms with E-state index < -0.39 is 17.1 Å². The summed E-state index contributed by atoms with van der Waals surface area (Å²) < 4.78 is 16.7. The maximum Gasteiger partial charge on any atom is 0.336 e. The van der Waals surface area contributed by atoms with Crippen LogP contribution in [-0.2, 0) is 17.8 Å². The quantitative estimate of drug-likeness (QED) is 0.468. The molecule has 0 unspecified atom stereocenters. The number of aromatic nitrogens is 2. The van der Waals surface area contributed by atoms with Gasteiger partial charge in [0.25, 0.3) is 5.56 Å². The molecular weight excluding hydrogens is 429 g/mol. The predicted molar refractivity (Wildman–Crippen MR) is 124 cm³/mol. The second-order valence-electron chi connectivity index (χ2n) is 7.59. The van der Waals surface area contributed by atoms with Crippen LogP contribution >= 0.6 is 11.3 Å². The lowest BCUT2D eigenvalue weighted by molar-refractivity contribution is -0.122. The van der Waals surface area contributed by atoms with E-state index in [1.165, 1.54) is 28.3 Å². The highest BCUT2D eigenvalue weighted by Gasteiger charge is 2.19. The fraction of sp³-hybridized carbons (Fsp3) is 0.208. The van der Waals surface area contributed by atoms with E-state index in [9.17, 15) is 18.8 Å². The Morgan fingerprint density at radius 2 is 1.78 bits per heavy atom. The Labute approximate surface area is 187 Å². The Bertz CT molecular complexity index is 1370. The number of aryl methyl sites for hydroxylation is 1. The van der Waals surface area contributed by atoms with Crippen LogP contribution in [0.2, 0.25) is 0 Å². The van der Waals surface area contributed by atoms with E-state index in [1.54, 1.807) is 17.5 Å². The van der Waals surface area contributed by atoms with Crippen LogP contribution in [0.5, 0.6) is 0 Å². The summed E-state index contributed by atoms with van der Waals surface area (Å²) in [5.74, 6) is -1.04. The van der Waals surface area contributed by atoms with E-state index >= 15 is 0 Å². The topological polar surface area (TPSA) is 73.1 Å². The molecule has 1 N–H and O–H groups in total. The molecule has 164 valence electrons. The first-order chi connectivity index (χ1) is 15.5. The van der Waals surface area contributed by atoms with Crippen molar-refractivity contribution in [1.82, 2.24) is 14.5 Å². The van der Waals surface area contributed by atoms with Gasteiger partial charge in [-0.05, 0) is 48.9 Å². The third-order valence-electron chi connectivity index (χ3n) is 5.27. The van der Waals surface area contributed by atoms with E-state index in [4.69, 9.17) is 0 Å². The molecule has 0 bridgehead atoms. The molecule has 6 nitrogen and oxygen atoms in total. The number of fused-ring (bicyclic) bond motifs is 1. The molecule has 4 rings (SSSR count). The number of carbonyl (C=O) groups excluding carboxylic acids is 1. The lowest BCUT2D eigenvalue weighted by atomic mass is 10.1. The normalized spacial score (nSPS) is 12.1. The Kier molecular flexibility index (Phi) is 6.32. The second-order valence-corrected chi connectivity index (χ2v) is 8.50. The van der Waals surface area contributed by atoms with Crippen LogP contribution < -0.4 is 16.6 Å². The SMILES string of the molecule is C[C@H](CCc1ccccc1)NC(=O)Cn1c(=O)n(-c2ccccc2F)c(=O)c2sccc21. The molecule has 0 saturated carbocycles. The third-order valence-corrected chi connectivity index (χ3v) is 6.16. The Morgan fingerprint density at radius 3 is 2.53 bits per heavy atom. The van der Waals surface area contributed by atoms with Crippen LogP contribution in [0.3, 0.4) is 0 Å². The van der Waals surface area contributed by atoms with Crippen LogP contribution in [0.15, 0.2) is 75.6 Å². The number of halogens is 1. The summed E-state index contributed by atoms with van der Waals surface area (Å²) in [4.78, 5) is 38.8. The number of hydrogen-bond acceptors (Lipinski definition) is 4. The van der Waals surface area contributed by atoms with Crippen LogP contribution in [0.4, 0.5) is 4.39 Å². The van der Waals surface area contributed by atoms with E-state index in [0.29, 0.717) is 5.52 Å². The molecule has 0 aliphatic rings. The first kappa shape index (κ1) is 21.7. The van der Waals surface area contributed by atoms with Crippen molar-refractivity contribution in [2.45, 2.75) is 32.4 Å². The van der Waals surface area contributed by atoms with Gasteiger partial charge in [-0.1, -0.05) is 42.5 Å². The van der Waals surface area contributed by atoms with Gasteiger partial charge in [0.2, 0.25) is 5.91 Å². The van der Waals surface area contributed by atoms with E-state index in [-0.39, 0.29) is 28.9 Å². The highest BCUT2D eigenvalue weighted by molar-refractivity contribution is 7.17. The molecule has 2 aromatic carbocycles. The molecule has 0 fully saturated rings. The largest absolute Gasteiger partial charge is 0.352 e. The van der Waals surface area contributed by atoms with Gasteiger partial charge in [-0.3, -0.25) is 14.2 Å². The molecule has 0 aliphatic heterocycles. The molecule has 0 saturated heterocycles. The van der Waals surface area contributed by atoms with E-state index in [1.807, 2.05) is 37.3 Å². The van der Waals surface area contributed by atoms with Gasteiger partial charge in [0, 0.05) is 6.04 Å². The van der Waals surface area contributed by atoms with Gasteiger partial charge in [-0.2, -0.15) is 0 Å². The highest BCUT2D eigenvalue weighted by atomic mass is 32.1. The number of hydrogen-bond donors (Lipinski definition) is 1. The fourth-order valence-electron chi connectivity index (χ4n) is 3.65. The minimum Gasteiger partial charge on any atom is -0.352 e. The molecule has 0 spiro atoms. The zero-order valence-corrected chi connectivity index (χ0v) is 18.3. The molecular formula is C24H22FN3O3S. The number of rotatable bonds is 7. The van der Waals surface area contributed by atoms with Crippen molar-refractivity contribution < 1.29 is 9.18 Å². The van der Waals surface area contributed by atoms with Crippen molar-refractivity contribution in [1.29, 1.82) is 0 Å². The average molecular weight is 452 g/mol. The summed E-state index contributed by atoms with van der Waals surface area (Å²) in [6, 6.07) is 17.1. The second kappa shape index (κ2) is 9.32. The van der Waals surface area contributed by atoms with Crippen molar-refractivity contribution in [2.24, 2.45) is 0 Å². The maximum atomic E-state index is 14.4. The number of nitrogens with one attached hydrogen (secondary N) is 1. The van der Waals surface area contributed by atoms with Crippen molar-refractivity contribution in [2.75, 3.05) is 0 Å². The van der Waals surface area contributed by atoms with Gasteiger partial charge in [0.05, 0.1) is 11.2 Å². The van der Waals surface area contributed by atoms with Crippen molar-refractivity contribution in [3.05, 3.63) is 98.3 Å². The number of amides is 1. The van der Waals surface area contributed by atoms with Gasteiger partial charge < -0.3 is 5.32 Å². The molecule has 2 aromatic heterocycles. The molecule has 4 aromatic rings. The van der Waals surface area contributed by atoms with Crippen LogP contribution in [0.25, 0.3) is 15.9 Å². The molecule has 1 atom stereocenters. The molecule has 32 heavy (non-hydrogen) atoms. The van der Waals surface area contributed by atoms with Crippen molar-refractivity contribution in [3.63, 3.8) is 0 Å². The minimum atomic E-state index is -0.752. The minimum absolute atomic E-state index is 0.103. The molecule has 0 aliphatic carbocycles. The number of carbonyl (C=O) groups is 1. The Hall–Kier alpha value is -3.52. The first-order valence-electron chi connectivity index (χ1n) is 10.3. The molecule has 1 amide bonds. The lowest BCUT2D eigenvalue weighted by Gasteiger charge is -2.16. The van der Waals surface area contributed by atoms with Gasteiger partial charge >= 0.3 is 5.69 Å². The fourth-order valence-corrected chi connectivity index (χ4v) is 4.47. The summed E-state index contributed by atoms with van der Waals surface area (Å²) >= 11 is 1.15. The first-order valence-corrected chi connectivity index (χ1v) is 11.1. The van der Waals surface area contributed by atoms with Gasteiger partial charge in [-0.15, -0.1) is 11.3 Å². The standard InChI is InChI=1S/C24H22FN3O3S/c1-16(11-12-17-7-3-2-4-8-17)26-21(29)15-27-20-13-14-32-22(20)23(30)28(24(27)31)19-10-6-5-9-18(19)25/h2-10,13-14,16H,11-12,15H2,1H3,(H,26,29)/t16-/m1/s1. The Balaban J connectivity index is 1.60. The lowest BCUT2D eigenvalue weighted by Crippen LogP contribution is -2.43. The summed E-state index contributed by atoms with van der Waals surface area (Å²) in [6.45, 7) is 1.64. The molecule has 2 heterocycles. The van der Waals surface area contributed by atoms with E-state index in [0.717, 1.165) is 28.7 Å². The number of para-hydroxylation sites is 1. The van der Waals surface area contributed by atoms with Crippen LogP contribution in [0, 0.1) is 5.82 Å². The van der Waals surface area contributed by atoms with Crippen LogP contribution in [0.1, 0.15) is 18.9 Å². The van der Waals surface area contributed by atoms with Crippen molar-refractivity contribution in [3.8, 4) is 5.69 Å². The smallest absolute Gasteiger partial charge is 0.336 e. The van der Waals surface area contributed by atoms with Crippen LogP contribution in [-0.4, -0.2) is 21.1 Å². The molecule has 8 heteroatoms. The summed E-state index contributed by atoms with van der Waals surface area (Å²) in [7, 11) is 0. The van der Waals surface area contributed by atoms with Gasteiger partial charge in [-0.25, -0.2) is 13.8 Å². The monoisotopic (exact) mass is 451 g/mol. The zero-order chi connectivity index (χ0) is 22.7. The average Bonchev–Trinajstić information content (AvgIpc) is 3.27. The summed E-state index contributed by atoms with van der Waals surface area (Å²) in [5.41, 5.74) is 0.0608. The van der Waals surface area contributed by atoms with E-state index in [2.05, 4.69) is 5.32 Å². The molecule has 0 radical (unpaired) electrons. The highest BCUT2D eigenvalue weighted by Crippen LogP contribution is 2.17. The van der Waals surface area contributed by atoms with Gasteiger partial charge in [0.1, 0.15) is 17.1 Å². The Morgan fingerprint density at radius 1 is 1.06 bits per heavy atom. The maximum absolute atomic E-state index is 14.4. The number of benzene rings is 2. The van der Waals surface area contributed by atoms with Gasteiger partial charge in [0.15, 0.2) is 0 Å².